The molecule has 1 aromatic heterocycles. The average Bonchev–Trinajstić information content (AvgIpc) is 1.51. The number of fused-ring (bicyclic) bond motifs is 20. The Labute approximate surface area is 508 Å². The van der Waals surface area contributed by atoms with Gasteiger partial charge < -0.3 is 9.32 Å². The lowest BCUT2D eigenvalue weighted by atomic mass is 9.70. The van der Waals surface area contributed by atoms with E-state index in [0.717, 1.165) is 39.2 Å². The third kappa shape index (κ3) is 7.04. The highest BCUT2D eigenvalue weighted by atomic mass is 16.3. The minimum absolute atomic E-state index is 0.144. The highest BCUT2D eigenvalue weighted by molar-refractivity contribution is 6.16. The van der Waals surface area contributed by atoms with Crippen molar-refractivity contribution in [2.75, 3.05) is 4.90 Å². The molecule has 1 atom stereocenters. The van der Waals surface area contributed by atoms with Gasteiger partial charge in [-0.05, 0) is 206 Å². The van der Waals surface area contributed by atoms with Crippen molar-refractivity contribution in [2.24, 2.45) is 0 Å². The van der Waals surface area contributed by atoms with E-state index in [1.807, 2.05) is 0 Å². The van der Waals surface area contributed by atoms with Crippen molar-refractivity contribution in [1.29, 1.82) is 0 Å². The second kappa shape index (κ2) is 18.2. The second-order valence-electron chi connectivity index (χ2n) is 25.5. The predicted molar refractivity (Wildman–Crippen MR) is 362 cm³/mol. The fraction of sp³-hybridized carbons (Fsp3) is 0.0824. The van der Waals surface area contributed by atoms with Gasteiger partial charge in [0.05, 0.1) is 5.41 Å². The molecule has 87 heavy (non-hydrogen) atoms. The first-order valence-electron chi connectivity index (χ1n) is 30.6. The summed E-state index contributed by atoms with van der Waals surface area (Å²) in [6, 6.07) is 107. The number of furan rings is 1. The Morgan fingerprint density at radius 1 is 0.253 bits per heavy atom. The minimum atomic E-state index is -0.525. The molecule has 0 N–H and O–H groups in total. The topological polar surface area (TPSA) is 16.4 Å². The number of hydrogen-bond donors (Lipinski definition) is 0. The monoisotopic (exact) mass is 1110 g/mol. The van der Waals surface area contributed by atoms with Crippen molar-refractivity contribution in [1.82, 2.24) is 0 Å². The van der Waals surface area contributed by atoms with Crippen LogP contribution in [-0.4, -0.2) is 0 Å². The van der Waals surface area contributed by atoms with Crippen LogP contribution in [0, 0.1) is 0 Å². The van der Waals surface area contributed by atoms with E-state index in [1.54, 1.807) is 0 Å². The van der Waals surface area contributed by atoms with Crippen LogP contribution in [0.1, 0.15) is 72.2 Å². The van der Waals surface area contributed by atoms with Crippen molar-refractivity contribution < 1.29 is 4.42 Å². The molecule has 0 amide bonds. The third-order valence-corrected chi connectivity index (χ3v) is 20.3. The zero-order valence-corrected chi connectivity index (χ0v) is 49.0. The van der Waals surface area contributed by atoms with Gasteiger partial charge in [0, 0.05) is 38.7 Å². The second-order valence-corrected chi connectivity index (χ2v) is 25.5. The quantitative estimate of drug-likeness (QED) is 0.158. The molecule has 1 spiro atoms. The van der Waals surface area contributed by atoms with Crippen LogP contribution in [0.4, 0.5) is 17.1 Å². The molecule has 0 radical (unpaired) electrons. The van der Waals surface area contributed by atoms with E-state index < -0.39 is 5.41 Å². The lowest BCUT2D eigenvalue weighted by Gasteiger charge is -2.30. The number of benzene rings is 13. The van der Waals surface area contributed by atoms with Gasteiger partial charge in [-0.1, -0.05) is 240 Å². The predicted octanol–water partition coefficient (Wildman–Crippen LogP) is 22.7. The van der Waals surface area contributed by atoms with Crippen LogP contribution in [0.3, 0.4) is 0 Å². The molecule has 0 bridgehead atoms. The summed E-state index contributed by atoms with van der Waals surface area (Å²) < 4.78 is 6.58. The first-order chi connectivity index (χ1) is 42.6. The molecule has 1 unspecified atom stereocenters. The van der Waals surface area contributed by atoms with Gasteiger partial charge in [0.15, 0.2) is 0 Å². The summed E-state index contributed by atoms with van der Waals surface area (Å²) in [5.74, 6) is 0. The fourth-order valence-electron chi connectivity index (χ4n) is 16.1. The Morgan fingerprint density at radius 2 is 0.667 bits per heavy atom. The van der Waals surface area contributed by atoms with E-state index in [9.17, 15) is 0 Å². The van der Waals surface area contributed by atoms with Crippen molar-refractivity contribution in [3.05, 3.63) is 330 Å². The van der Waals surface area contributed by atoms with Crippen LogP contribution in [0.2, 0.25) is 0 Å². The van der Waals surface area contributed by atoms with Gasteiger partial charge in [-0.25, -0.2) is 0 Å². The average molecular weight is 1110 g/mol. The first-order valence-corrected chi connectivity index (χ1v) is 30.6. The number of rotatable bonds is 7. The number of para-hydroxylation sites is 1. The smallest absolute Gasteiger partial charge is 0.136 e. The molecule has 0 aliphatic heterocycles. The summed E-state index contributed by atoms with van der Waals surface area (Å²) in [6.45, 7) is 9.52. The molecule has 4 aliphatic rings. The third-order valence-electron chi connectivity index (χ3n) is 20.3. The number of hydrogen-bond acceptors (Lipinski definition) is 2. The van der Waals surface area contributed by atoms with Gasteiger partial charge in [-0.3, -0.25) is 0 Å². The summed E-state index contributed by atoms with van der Waals surface area (Å²) in [5, 5.41) is 2.34. The van der Waals surface area contributed by atoms with Crippen LogP contribution < -0.4 is 4.90 Å². The van der Waals surface area contributed by atoms with Gasteiger partial charge in [0.25, 0.3) is 0 Å². The van der Waals surface area contributed by atoms with Crippen molar-refractivity contribution in [3.63, 3.8) is 0 Å². The molecule has 410 valence electrons. The molecular weight excluding hydrogens is 1050 g/mol. The Balaban J connectivity index is 0.808. The molecule has 1 heterocycles. The van der Waals surface area contributed by atoms with E-state index in [0.29, 0.717) is 0 Å². The minimum Gasteiger partial charge on any atom is -0.456 e. The molecule has 18 rings (SSSR count). The van der Waals surface area contributed by atoms with Gasteiger partial charge in [-0.15, -0.1) is 0 Å². The zero-order valence-electron chi connectivity index (χ0n) is 49.0. The largest absolute Gasteiger partial charge is 0.456 e. The molecule has 13 aromatic carbocycles. The number of anilines is 3. The summed E-state index contributed by atoms with van der Waals surface area (Å²) >= 11 is 0. The fourth-order valence-corrected chi connectivity index (χ4v) is 16.1. The highest BCUT2D eigenvalue weighted by Gasteiger charge is 2.52. The Hall–Kier alpha value is -10.5. The maximum Gasteiger partial charge on any atom is 0.136 e. The number of nitrogens with zero attached hydrogens (tertiary/aromatic N) is 1. The van der Waals surface area contributed by atoms with E-state index in [1.165, 1.54) is 133 Å². The zero-order chi connectivity index (χ0) is 57.9. The molecule has 14 aromatic rings. The van der Waals surface area contributed by atoms with Crippen molar-refractivity contribution >= 4 is 39.0 Å². The van der Waals surface area contributed by atoms with Gasteiger partial charge in [0.2, 0.25) is 0 Å². The van der Waals surface area contributed by atoms with Crippen LogP contribution in [0.5, 0.6) is 0 Å². The van der Waals surface area contributed by atoms with Crippen molar-refractivity contribution in [2.45, 2.75) is 43.9 Å². The summed E-state index contributed by atoms with van der Waals surface area (Å²) in [4.78, 5) is 2.47. The Kier molecular flexibility index (Phi) is 10.4. The maximum atomic E-state index is 6.58. The van der Waals surface area contributed by atoms with Crippen molar-refractivity contribution in [3.8, 4) is 89.0 Å². The standard InChI is InChI=1S/C85H59NO/c1-83(2)71-25-13-8-20-63(71)66-41-35-56(49-76(66)83)58-46-59(57-36-42-67-64-21-9-14-26-72(64)84(3,4)77(67)50-57)48-62(47-58)86(60-37-30-53(31-38-60)52-18-6-5-7-19-52)61-39-32-54(33-40-61)55-34-43-68-65-22-10-15-27-73(65)85(78(68)51-55)74-28-16-11-23-69(74)81-75(85)44-45-80-82(81)70-24-12-17-29-79(70)87-80/h5-51H,1-4H3. The van der Waals surface area contributed by atoms with Gasteiger partial charge in [0.1, 0.15) is 11.2 Å². The van der Waals surface area contributed by atoms with E-state index in [2.05, 4.69) is 318 Å². The molecule has 0 saturated heterocycles. The highest BCUT2D eigenvalue weighted by Crippen LogP contribution is 2.65. The molecule has 0 saturated carbocycles. The lowest BCUT2D eigenvalue weighted by Crippen LogP contribution is -2.25. The Bertz CT molecular complexity index is 5090. The molecule has 4 aliphatic carbocycles. The lowest BCUT2D eigenvalue weighted by molar-refractivity contribution is 0.660. The summed E-state index contributed by atoms with van der Waals surface area (Å²) in [5.41, 5.74) is 34.9. The normalized spacial score (nSPS) is 15.6. The maximum absolute atomic E-state index is 6.58. The Morgan fingerprint density at radius 3 is 1.25 bits per heavy atom. The van der Waals surface area contributed by atoms with Crippen LogP contribution >= 0.6 is 0 Å². The first kappa shape index (κ1) is 49.8. The molecule has 0 fully saturated rings. The van der Waals surface area contributed by atoms with E-state index >= 15 is 0 Å². The van der Waals surface area contributed by atoms with E-state index in [-0.39, 0.29) is 10.8 Å². The summed E-state index contributed by atoms with van der Waals surface area (Å²) in [6.07, 6.45) is 0. The molecule has 2 heteroatoms. The molecular formula is C85H59NO. The summed E-state index contributed by atoms with van der Waals surface area (Å²) in [7, 11) is 0. The van der Waals surface area contributed by atoms with E-state index in [4.69, 9.17) is 4.42 Å². The van der Waals surface area contributed by atoms with Crippen LogP contribution in [0.15, 0.2) is 290 Å². The van der Waals surface area contributed by atoms with Gasteiger partial charge in [-0.2, -0.15) is 0 Å². The molecule has 2 nitrogen and oxygen atoms in total. The van der Waals surface area contributed by atoms with Gasteiger partial charge >= 0.3 is 0 Å². The SMILES string of the molecule is CC1(C)c2ccccc2-c2ccc(-c3cc(-c4ccc5c(c4)C(C)(C)c4ccccc4-5)cc(N(c4ccc(-c5ccccc5)cc4)c4ccc(-c5ccc6c(c5)C5(c7ccccc7-6)c6ccccc6-c6c5ccc5oc7ccccc7c65)cc4)c3)cc21. The van der Waals surface area contributed by atoms with Crippen LogP contribution in [0.25, 0.3) is 111 Å². The van der Waals surface area contributed by atoms with Crippen LogP contribution in [-0.2, 0) is 16.2 Å².